The van der Waals surface area contributed by atoms with Crippen molar-refractivity contribution in [3.05, 3.63) is 30.6 Å². The van der Waals surface area contributed by atoms with E-state index in [1.165, 1.54) is 22.0 Å². The fraction of sp³-hybridized carbons (Fsp3) is 0.500. The van der Waals surface area contributed by atoms with Crippen LogP contribution >= 0.6 is 0 Å². The van der Waals surface area contributed by atoms with Gasteiger partial charge in [-0.25, -0.2) is 14.1 Å². The largest absolute Gasteiger partial charge is 0.382 e. The zero-order chi connectivity index (χ0) is 12.3. The molecule has 0 radical (unpaired) electrons. The van der Waals surface area contributed by atoms with E-state index in [0.29, 0.717) is 5.69 Å². The van der Waals surface area contributed by atoms with Gasteiger partial charge in [0, 0.05) is 6.20 Å². The summed E-state index contributed by atoms with van der Waals surface area (Å²) in [4.78, 5) is 3.80. The van der Waals surface area contributed by atoms with Crippen molar-refractivity contribution >= 4 is 0 Å². The first-order valence-corrected chi connectivity index (χ1v) is 5.26. The summed E-state index contributed by atoms with van der Waals surface area (Å²) in [6.07, 6.45) is 4.57. The maximum Gasteiger partial charge on any atom is 0.137 e. The maximum absolute atomic E-state index is 12.1. The minimum Gasteiger partial charge on any atom is -0.382 e. The van der Waals surface area contributed by atoms with E-state index < -0.39 is 12.3 Å². The van der Waals surface area contributed by atoms with Gasteiger partial charge in [0.05, 0.1) is 18.8 Å². The van der Waals surface area contributed by atoms with Crippen molar-refractivity contribution in [2.24, 2.45) is 0 Å². The van der Waals surface area contributed by atoms with Crippen LogP contribution in [-0.4, -0.2) is 36.3 Å². The highest BCUT2D eigenvalue weighted by molar-refractivity contribution is 5.08. The second kappa shape index (κ2) is 4.62. The Morgan fingerprint density at radius 3 is 2.94 bits per heavy atom. The number of hydrogen-bond donors (Lipinski definition) is 1. The van der Waals surface area contributed by atoms with Gasteiger partial charge in [0.25, 0.3) is 0 Å². The predicted molar refractivity (Wildman–Crippen MR) is 57.8 cm³/mol. The van der Waals surface area contributed by atoms with E-state index in [4.69, 9.17) is 0 Å². The van der Waals surface area contributed by atoms with Crippen LogP contribution in [0.4, 0.5) is 4.39 Å². The van der Waals surface area contributed by atoms with Crippen molar-refractivity contribution in [3.8, 4) is 0 Å². The van der Waals surface area contributed by atoms with Crippen LogP contribution < -0.4 is 0 Å². The molecule has 17 heavy (non-hydrogen) atoms. The lowest BCUT2D eigenvalue weighted by Crippen LogP contribution is -2.28. The highest BCUT2D eigenvalue weighted by atomic mass is 19.1. The molecule has 0 amide bonds. The molecule has 2 aromatic rings. The summed E-state index contributed by atoms with van der Waals surface area (Å²) in [5.74, 6) is 0. The van der Waals surface area contributed by atoms with Gasteiger partial charge in [-0.05, 0) is 13.0 Å². The van der Waals surface area contributed by atoms with Gasteiger partial charge in [-0.1, -0.05) is 0 Å². The van der Waals surface area contributed by atoms with Crippen LogP contribution in [0, 0.1) is 0 Å². The molecule has 0 saturated heterocycles. The lowest BCUT2D eigenvalue weighted by Gasteiger charge is -2.20. The van der Waals surface area contributed by atoms with E-state index in [-0.39, 0.29) is 13.1 Å². The molecule has 0 spiro atoms. The highest BCUT2D eigenvalue weighted by Crippen LogP contribution is 2.20. The van der Waals surface area contributed by atoms with Crippen molar-refractivity contribution in [1.82, 2.24) is 24.5 Å². The fourth-order valence-electron chi connectivity index (χ4n) is 1.57. The van der Waals surface area contributed by atoms with E-state index in [2.05, 4.69) is 15.2 Å². The van der Waals surface area contributed by atoms with E-state index in [0.717, 1.165) is 0 Å². The molecule has 0 bridgehead atoms. The molecule has 0 aromatic carbocycles. The molecule has 2 heterocycles. The first-order chi connectivity index (χ1) is 8.12. The Morgan fingerprint density at radius 2 is 2.29 bits per heavy atom. The number of nitrogens with zero attached hydrogens (tertiary/aromatic N) is 5. The minimum atomic E-state index is -1.16. The molecule has 92 valence electrons. The van der Waals surface area contributed by atoms with Gasteiger partial charge in [0.15, 0.2) is 0 Å². The van der Waals surface area contributed by atoms with Crippen LogP contribution in [0.15, 0.2) is 24.9 Å². The number of alkyl halides is 1. The van der Waals surface area contributed by atoms with Gasteiger partial charge in [-0.3, -0.25) is 4.68 Å². The second-order valence-corrected chi connectivity index (χ2v) is 4.02. The molecule has 2 aromatic heterocycles. The predicted octanol–water partition coefficient (Wildman–Crippen LogP) is 0.352. The Hall–Kier alpha value is -1.76. The average molecular weight is 239 g/mol. The standard InChI is InChI=1S/C10H14FN5O/c1-10(17,6-16-8-12-7-13-16)9-2-4-15(14-9)5-3-11/h2,4,7-8,17H,3,5-6H2,1H3/t10-/m1/s1. The third-order valence-electron chi connectivity index (χ3n) is 2.44. The molecule has 2 rings (SSSR count). The van der Waals surface area contributed by atoms with E-state index in [1.807, 2.05) is 0 Å². The van der Waals surface area contributed by atoms with Crippen molar-refractivity contribution in [2.75, 3.05) is 6.67 Å². The van der Waals surface area contributed by atoms with Gasteiger partial charge >= 0.3 is 0 Å². The summed E-state index contributed by atoms with van der Waals surface area (Å²) >= 11 is 0. The lowest BCUT2D eigenvalue weighted by molar-refractivity contribution is 0.0295. The van der Waals surface area contributed by atoms with Crippen molar-refractivity contribution in [3.63, 3.8) is 0 Å². The quantitative estimate of drug-likeness (QED) is 0.817. The third kappa shape index (κ3) is 2.68. The summed E-state index contributed by atoms with van der Waals surface area (Å²) in [6.45, 7) is 1.60. The molecule has 7 heteroatoms. The van der Waals surface area contributed by atoms with Crippen LogP contribution in [0.1, 0.15) is 12.6 Å². The number of halogens is 1. The van der Waals surface area contributed by atoms with E-state index in [1.54, 1.807) is 19.2 Å². The van der Waals surface area contributed by atoms with Crippen LogP contribution in [0.2, 0.25) is 0 Å². The van der Waals surface area contributed by atoms with Crippen LogP contribution in [-0.2, 0) is 18.7 Å². The zero-order valence-corrected chi connectivity index (χ0v) is 9.49. The fourth-order valence-corrected chi connectivity index (χ4v) is 1.57. The molecular formula is C10H14FN5O. The first kappa shape index (κ1) is 11.7. The van der Waals surface area contributed by atoms with E-state index in [9.17, 15) is 9.50 Å². The zero-order valence-electron chi connectivity index (χ0n) is 9.49. The summed E-state index contributed by atoms with van der Waals surface area (Å²) in [7, 11) is 0. The summed E-state index contributed by atoms with van der Waals surface area (Å²) in [5.41, 5.74) is -0.670. The highest BCUT2D eigenvalue weighted by Gasteiger charge is 2.27. The van der Waals surface area contributed by atoms with Crippen molar-refractivity contribution in [2.45, 2.75) is 25.6 Å². The number of hydrogen-bond acceptors (Lipinski definition) is 4. The Kier molecular flexibility index (Phi) is 3.19. The molecule has 0 fully saturated rings. The Bertz CT molecular complexity index is 465. The molecule has 1 N–H and O–H groups in total. The summed E-state index contributed by atoms with van der Waals surface area (Å²) in [6, 6.07) is 1.67. The molecule has 6 nitrogen and oxygen atoms in total. The Morgan fingerprint density at radius 1 is 1.47 bits per heavy atom. The normalized spacial score (nSPS) is 14.8. The number of rotatable bonds is 5. The Labute approximate surface area is 97.7 Å². The smallest absolute Gasteiger partial charge is 0.137 e. The minimum absolute atomic E-state index is 0.194. The average Bonchev–Trinajstić information content (AvgIpc) is 2.88. The summed E-state index contributed by atoms with van der Waals surface area (Å²) in [5, 5.41) is 18.3. The van der Waals surface area contributed by atoms with E-state index >= 15 is 0 Å². The van der Waals surface area contributed by atoms with Gasteiger partial charge in [-0.15, -0.1) is 0 Å². The lowest BCUT2D eigenvalue weighted by atomic mass is 10.0. The SMILES string of the molecule is C[C@@](O)(Cn1cncn1)c1ccn(CCF)n1. The van der Waals surface area contributed by atoms with Crippen LogP contribution in [0.5, 0.6) is 0 Å². The molecule has 0 aliphatic rings. The molecule has 0 aliphatic carbocycles. The van der Waals surface area contributed by atoms with Crippen LogP contribution in [0.25, 0.3) is 0 Å². The Balaban J connectivity index is 2.13. The van der Waals surface area contributed by atoms with Crippen molar-refractivity contribution in [1.29, 1.82) is 0 Å². The number of aliphatic hydroxyl groups is 1. The monoisotopic (exact) mass is 239 g/mol. The molecule has 0 aliphatic heterocycles. The number of aryl methyl sites for hydroxylation is 1. The van der Waals surface area contributed by atoms with Crippen LogP contribution in [0.3, 0.4) is 0 Å². The first-order valence-electron chi connectivity index (χ1n) is 5.26. The molecule has 0 saturated carbocycles. The number of aromatic nitrogens is 5. The molecular weight excluding hydrogens is 225 g/mol. The van der Waals surface area contributed by atoms with Gasteiger partial charge in [0.1, 0.15) is 24.9 Å². The van der Waals surface area contributed by atoms with Gasteiger partial charge < -0.3 is 5.11 Å². The van der Waals surface area contributed by atoms with Gasteiger partial charge in [0.2, 0.25) is 0 Å². The topological polar surface area (TPSA) is 68.8 Å². The molecule has 0 unspecified atom stereocenters. The maximum atomic E-state index is 12.1. The molecule has 1 atom stereocenters. The second-order valence-electron chi connectivity index (χ2n) is 4.02. The summed E-state index contributed by atoms with van der Waals surface area (Å²) < 4.78 is 15.1. The van der Waals surface area contributed by atoms with Gasteiger partial charge in [-0.2, -0.15) is 10.2 Å². The third-order valence-corrected chi connectivity index (χ3v) is 2.44. The van der Waals surface area contributed by atoms with Crippen molar-refractivity contribution < 1.29 is 9.50 Å².